The zero-order valence-corrected chi connectivity index (χ0v) is 23.4. The van der Waals surface area contributed by atoms with Crippen LogP contribution in [0.2, 0.25) is 0 Å². The van der Waals surface area contributed by atoms with Crippen molar-refractivity contribution >= 4 is 0 Å². The van der Waals surface area contributed by atoms with Crippen LogP contribution in [-0.4, -0.2) is 12.0 Å². The first-order valence-corrected chi connectivity index (χ1v) is 14.1. The number of nitrogens with one attached hydrogen (secondary N) is 1. The van der Waals surface area contributed by atoms with Crippen molar-refractivity contribution in [2.75, 3.05) is 6.54 Å². The van der Waals surface area contributed by atoms with Crippen LogP contribution in [0.15, 0.2) is 133 Å². The molecule has 39 heavy (non-hydrogen) atoms. The van der Waals surface area contributed by atoms with Crippen LogP contribution in [0.25, 0.3) is 11.1 Å². The Bertz CT molecular complexity index is 1290. The summed E-state index contributed by atoms with van der Waals surface area (Å²) in [5.41, 5.74) is 8.30. The van der Waals surface area contributed by atoms with Gasteiger partial charge in [-0.15, -0.1) is 0 Å². The Hall–Kier alpha value is -3.72. The normalized spacial score (nSPS) is 13.2. The highest BCUT2D eigenvalue weighted by Gasteiger charge is 2.10. The molecule has 0 radical (unpaired) electrons. The Morgan fingerprint density at radius 1 is 0.718 bits per heavy atom. The quantitative estimate of drug-likeness (QED) is 0.220. The molecule has 1 unspecified atom stereocenters. The van der Waals surface area contributed by atoms with Crippen molar-refractivity contribution in [3.63, 3.8) is 0 Å². The van der Waals surface area contributed by atoms with E-state index in [9.17, 15) is 0 Å². The molecule has 0 bridgehead atoms. The van der Waals surface area contributed by atoms with Crippen LogP contribution >= 0.6 is 0 Å². The van der Waals surface area contributed by atoms with Crippen LogP contribution in [0.4, 0.5) is 0 Å². The van der Waals surface area contributed by atoms with Crippen LogP contribution in [0, 0.1) is 0 Å². The first-order valence-electron chi connectivity index (χ1n) is 14.1. The standard InChI is InChI=1S/C23H25N.C14H16.H2O.H2/c1-2-19(20-11-5-3-6-12-20)17-24-18-22-15-9-10-16-23(22)21-13-7-4-8-14-21;1-2-12-8-6-7-11-14(12)13-9-4-3-5-10-13;;/h3-16,19,24H,2,17-18H2,1H3;4-11,13H,2-3H2,1H3;1H2;1H. The van der Waals surface area contributed by atoms with Crippen molar-refractivity contribution in [2.24, 2.45) is 0 Å². The van der Waals surface area contributed by atoms with Gasteiger partial charge >= 0.3 is 0 Å². The monoisotopic (exact) mass is 519 g/mol. The molecular weight excluding hydrogens is 474 g/mol. The lowest BCUT2D eigenvalue weighted by molar-refractivity contribution is 0.570. The van der Waals surface area contributed by atoms with E-state index in [0.717, 1.165) is 32.4 Å². The van der Waals surface area contributed by atoms with Gasteiger partial charge in [0.25, 0.3) is 0 Å². The van der Waals surface area contributed by atoms with Crippen LogP contribution in [0.3, 0.4) is 0 Å². The summed E-state index contributed by atoms with van der Waals surface area (Å²) in [6.07, 6.45) is 12.5. The Morgan fingerprint density at radius 2 is 1.31 bits per heavy atom. The van der Waals surface area contributed by atoms with E-state index >= 15 is 0 Å². The molecule has 204 valence electrons. The van der Waals surface area contributed by atoms with Gasteiger partial charge in [0.15, 0.2) is 0 Å². The van der Waals surface area contributed by atoms with E-state index in [1.807, 2.05) is 0 Å². The minimum atomic E-state index is 0. The lowest BCUT2D eigenvalue weighted by Gasteiger charge is -2.17. The van der Waals surface area contributed by atoms with E-state index < -0.39 is 0 Å². The fraction of sp³-hybridized carbons (Fsp3) is 0.243. The lowest BCUT2D eigenvalue weighted by Crippen LogP contribution is -2.21. The first kappa shape index (κ1) is 29.8. The van der Waals surface area contributed by atoms with Gasteiger partial charge in [-0.1, -0.05) is 147 Å². The van der Waals surface area contributed by atoms with E-state index in [1.165, 1.54) is 33.4 Å². The fourth-order valence-corrected chi connectivity index (χ4v) is 5.16. The summed E-state index contributed by atoms with van der Waals surface area (Å²) in [7, 11) is 0. The van der Waals surface area contributed by atoms with Gasteiger partial charge in [-0.3, -0.25) is 0 Å². The number of aryl methyl sites for hydroxylation is 1. The zero-order chi connectivity index (χ0) is 26.4. The van der Waals surface area contributed by atoms with Crippen LogP contribution < -0.4 is 5.32 Å². The molecular formula is C37H45NO. The molecule has 4 aromatic carbocycles. The predicted molar refractivity (Wildman–Crippen MR) is 170 cm³/mol. The minimum Gasteiger partial charge on any atom is -0.412 e. The highest BCUT2D eigenvalue weighted by atomic mass is 16.0. The summed E-state index contributed by atoms with van der Waals surface area (Å²) in [6.45, 7) is 6.38. The number of hydrogen-bond donors (Lipinski definition) is 1. The third kappa shape index (κ3) is 8.64. The van der Waals surface area contributed by atoms with Gasteiger partial charge < -0.3 is 10.8 Å². The topological polar surface area (TPSA) is 43.5 Å². The highest BCUT2D eigenvalue weighted by Crippen LogP contribution is 2.26. The second kappa shape index (κ2) is 16.3. The first-order chi connectivity index (χ1) is 18.8. The summed E-state index contributed by atoms with van der Waals surface area (Å²) in [4.78, 5) is 0. The van der Waals surface area contributed by atoms with Gasteiger partial charge in [0, 0.05) is 20.4 Å². The molecule has 2 heteroatoms. The van der Waals surface area contributed by atoms with Gasteiger partial charge in [0.1, 0.15) is 0 Å². The molecule has 1 aliphatic carbocycles. The molecule has 0 spiro atoms. The Labute approximate surface area is 236 Å². The zero-order valence-electron chi connectivity index (χ0n) is 23.4. The number of rotatable bonds is 9. The molecule has 0 heterocycles. The van der Waals surface area contributed by atoms with E-state index in [-0.39, 0.29) is 6.90 Å². The molecule has 1 aliphatic rings. The second-order valence-electron chi connectivity index (χ2n) is 9.84. The molecule has 0 aliphatic heterocycles. The van der Waals surface area contributed by atoms with Crippen LogP contribution in [0.1, 0.15) is 62.2 Å². The molecule has 0 aromatic heterocycles. The van der Waals surface area contributed by atoms with Gasteiger partial charge in [-0.05, 0) is 58.6 Å². The number of benzene rings is 4. The smallest absolute Gasteiger partial charge is 0.0211 e. The van der Waals surface area contributed by atoms with Gasteiger partial charge in [-0.2, -0.15) is 0 Å². The summed E-state index contributed by atoms with van der Waals surface area (Å²) < 4.78 is 0. The van der Waals surface area contributed by atoms with E-state index in [0.29, 0.717) is 11.8 Å². The van der Waals surface area contributed by atoms with Gasteiger partial charge in [-0.25, -0.2) is 0 Å². The second-order valence-corrected chi connectivity index (χ2v) is 9.84. The Balaban J connectivity index is 0.000000301. The molecule has 1 atom stereocenters. The fourth-order valence-electron chi connectivity index (χ4n) is 5.16. The van der Waals surface area contributed by atoms with E-state index in [2.05, 4.69) is 153 Å². The Morgan fingerprint density at radius 3 is 1.97 bits per heavy atom. The van der Waals surface area contributed by atoms with Crippen molar-refractivity contribution in [1.29, 1.82) is 0 Å². The van der Waals surface area contributed by atoms with Crippen molar-refractivity contribution in [1.82, 2.24) is 5.32 Å². The predicted octanol–water partition coefficient (Wildman–Crippen LogP) is 8.91. The number of allylic oxidation sites excluding steroid dienone is 4. The van der Waals surface area contributed by atoms with E-state index in [4.69, 9.17) is 0 Å². The van der Waals surface area contributed by atoms with E-state index in [1.54, 1.807) is 0 Å². The maximum absolute atomic E-state index is 3.66. The maximum Gasteiger partial charge on any atom is 0.0211 e. The maximum atomic E-state index is 3.66. The summed E-state index contributed by atoms with van der Waals surface area (Å²) in [5.74, 6) is 1.06. The molecule has 0 saturated carbocycles. The third-order valence-corrected chi connectivity index (χ3v) is 7.33. The third-order valence-electron chi connectivity index (χ3n) is 7.33. The molecule has 4 aromatic rings. The van der Waals surface area contributed by atoms with Gasteiger partial charge in [0.2, 0.25) is 0 Å². The van der Waals surface area contributed by atoms with Crippen molar-refractivity contribution in [2.45, 2.75) is 51.5 Å². The van der Waals surface area contributed by atoms with Gasteiger partial charge in [0.05, 0.1) is 0 Å². The Kier molecular flexibility index (Phi) is 12.5. The SMILES string of the molecule is CCC(CNCc1ccccc1-c1ccccc1)c1ccccc1.CCc1ccccc1C1C=CCC=C1.O.[HH]. The largest absolute Gasteiger partial charge is 0.412 e. The summed E-state index contributed by atoms with van der Waals surface area (Å²) in [6, 6.07) is 38.8. The van der Waals surface area contributed by atoms with Crippen LogP contribution in [0.5, 0.6) is 0 Å². The summed E-state index contributed by atoms with van der Waals surface area (Å²) in [5, 5.41) is 3.66. The molecule has 0 fully saturated rings. The molecule has 3 N–H and O–H groups in total. The molecule has 5 rings (SSSR count). The number of hydrogen-bond acceptors (Lipinski definition) is 1. The van der Waals surface area contributed by atoms with Crippen molar-refractivity contribution in [3.05, 3.63) is 156 Å². The molecule has 0 amide bonds. The average molecular weight is 520 g/mol. The highest BCUT2D eigenvalue weighted by molar-refractivity contribution is 5.67. The minimum absolute atomic E-state index is 0. The molecule has 2 nitrogen and oxygen atoms in total. The average Bonchev–Trinajstić information content (AvgIpc) is 3.01. The van der Waals surface area contributed by atoms with Crippen LogP contribution in [-0.2, 0) is 13.0 Å². The lowest BCUT2D eigenvalue weighted by atomic mass is 9.90. The van der Waals surface area contributed by atoms with Crippen molar-refractivity contribution < 1.29 is 6.90 Å². The molecule has 0 saturated heterocycles. The summed E-state index contributed by atoms with van der Waals surface area (Å²) >= 11 is 0. The van der Waals surface area contributed by atoms with Crippen molar-refractivity contribution in [3.8, 4) is 11.1 Å².